The lowest BCUT2D eigenvalue weighted by molar-refractivity contribution is 0.0989. The minimum Gasteiger partial charge on any atom is -0.338 e. The van der Waals surface area contributed by atoms with Crippen molar-refractivity contribution in [3.63, 3.8) is 0 Å². The fourth-order valence-corrected chi connectivity index (χ4v) is 1.89. The monoisotopic (exact) mass is 248 g/mol. The second-order valence-electron chi connectivity index (χ2n) is 3.97. The Hall–Kier alpha value is -1.61. The minimum atomic E-state index is 0.0410. The largest absolute Gasteiger partial charge is 0.338 e. The molecule has 0 N–H and O–H groups in total. The Morgan fingerprint density at radius 2 is 2.24 bits per heavy atom. The van der Waals surface area contributed by atoms with Crippen LogP contribution in [-0.4, -0.2) is 15.3 Å². The lowest BCUT2D eigenvalue weighted by Gasteiger charge is -2.06. The second kappa shape index (κ2) is 4.72. The van der Waals surface area contributed by atoms with Crippen molar-refractivity contribution in [3.8, 4) is 0 Å². The van der Waals surface area contributed by atoms with E-state index < -0.39 is 0 Å². The summed E-state index contributed by atoms with van der Waals surface area (Å²) in [7, 11) is 1.88. The molecule has 1 aromatic heterocycles. The Kier molecular flexibility index (Phi) is 3.29. The van der Waals surface area contributed by atoms with Crippen LogP contribution in [-0.2, 0) is 13.5 Å². The standard InChI is InChI=1S/C13H13ClN2O/c1-9-10(4-3-5-11(9)14)12(17)8-13-15-6-7-16(13)2/h3-7H,8H2,1-2H3. The van der Waals surface area contributed by atoms with Gasteiger partial charge in [-0.15, -0.1) is 0 Å². The Morgan fingerprint density at radius 3 is 2.88 bits per heavy atom. The van der Waals surface area contributed by atoms with E-state index >= 15 is 0 Å². The van der Waals surface area contributed by atoms with Crippen molar-refractivity contribution >= 4 is 17.4 Å². The molecule has 0 spiro atoms. The second-order valence-corrected chi connectivity index (χ2v) is 4.37. The topological polar surface area (TPSA) is 34.9 Å². The highest BCUT2D eigenvalue weighted by Crippen LogP contribution is 2.20. The van der Waals surface area contributed by atoms with Crippen LogP contribution >= 0.6 is 11.6 Å². The highest BCUT2D eigenvalue weighted by Gasteiger charge is 2.13. The van der Waals surface area contributed by atoms with E-state index in [2.05, 4.69) is 4.98 Å². The van der Waals surface area contributed by atoms with Crippen LogP contribution in [0.15, 0.2) is 30.6 Å². The van der Waals surface area contributed by atoms with E-state index in [-0.39, 0.29) is 5.78 Å². The fourth-order valence-electron chi connectivity index (χ4n) is 1.72. The average molecular weight is 249 g/mol. The first-order chi connectivity index (χ1) is 8.09. The number of rotatable bonds is 3. The van der Waals surface area contributed by atoms with E-state index in [1.54, 1.807) is 24.4 Å². The van der Waals surface area contributed by atoms with E-state index in [0.717, 1.165) is 11.4 Å². The van der Waals surface area contributed by atoms with Gasteiger partial charge in [-0.25, -0.2) is 4.98 Å². The summed E-state index contributed by atoms with van der Waals surface area (Å²) in [5.41, 5.74) is 1.49. The van der Waals surface area contributed by atoms with Crippen LogP contribution in [0, 0.1) is 6.92 Å². The zero-order valence-electron chi connectivity index (χ0n) is 9.77. The van der Waals surface area contributed by atoms with Gasteiger partial charge in [0.15, 0.2) is 5.78 Å². The molecule has 2 rings (SSSR count). The molecule has 0 aliphatic heterocycles. The summed E-state index contributed by atoms with van der Waals surface area (Å²) in [5.74, 6) is 0.800. The molecule has 0 aliphatic carbocycles. The lowest BCUT2D eigenvalue weighted by Crippen LogP contribution is -2.09. The summed E-state index contributed by atoms with van der Waals surface area (Å²) in [6.45, 7) is 1.86. The third-order valence-corrected chi connectivity index (χ3v) is 3.22. The number of aryl methyl sites for hydroxylation is 1. The average Bonchev–Trinajstić information content (AvgIpc) is 2.68. The normalized spacial score (nSPS) is 10.5. The number of nitrogens with zero attached hydrogens (tertiary/aromatic N) is 2. The van der Waals surface area contributed by atoms with Crippen LogP contribution in [0.5, 0.6) is 0 Å². The van der Waals surface area contributed by atoms with Crippen LogP contribution in [0.1, 0.15) is 21.7 Å². The Labute approximate surface area is 105 Å². The third kappa shape index (κ3) is 2.39. The summed E-state index contributed by atoms with van der Waals surface area (Å²) in [4.78, 5) is 16.3. The Bertz CT molecular complexity index is 560. The smallest absolute Gasteiger partial charge is 0.170 e. The van der Waals surface area contributed by atoms with Gasteiger partial charge in [0.2, 0.25) is 0 Å². The quantitative estimate of drug-likeness (QED) is 0.783. The molecular formula is C13H13ClN2O. The molecular weight excluding hydrogens is 236 g/mol. The zero-order valence-corrected chi connectivity index (χ0v) is 10.5. The molecule has 0 saturated heterocycles. The summed E-state index contributed by atoms with van der Waals surface area (Å²) < 4.78 is 1.85. The van der Waals surface area contributed by atoms with Gasteiger partial charge >= 0.3 is 0 Å². The number of hydrogen-bond donors (Lipinski definition) is 0. The maximum Gasteiger partial charge on any atom is 0.170 e. The predicted octanol–water partition coefficient (Wildman–Crippen LogP) is 2.81. The number of aromatic nitrogens is 2. The molecule has 0 aliphatic rings. The van der Waals surface area contributed by atoms with Gasteiger partial charge in [0.05, 0.1) is 6.42 Å². The first-order valence-electron chi connectivity index (χ1n) is 5.34. The van der Waals surface area contributed by atoms with Crippen LogP contribution < -0.4 is 0 Å². The van der Waals surface area contributed by atoms with Crippen molar-refractivity contribution in [1.29, 1.82) is 0 Å². The number of benzene rings is 1. The SMILES string of the molecule is Cc1c(Cl)cccc1C(=O)Cc1nccn1C. The Morgan fingerprint density at radius 1 is 1.47 bits per heavy atom. The number of imidazole rings is 1. The highest BCUT2D eigenvalue weighted by molar-refractivity contribution is 6.31. The molecule has 88 valence electrons. The maximum atomic E-state index is 12.1. The van der Waals surface area contributed by atoms with Gasteiger partial charge < -0.3 is 4.57 Å². The molecule has 0 radical (unpaired) electrons. The maximum absolute atomic E-state index is 12.1. The summed E-state index contributed by atoms with van der Waals surface area (Å²) >= 11 is 6.00. The lowest BCUT2D eigenvalue weighted by atomic mass is 10.0. The minimum absolute atomic E-state index is 0.0410. The molecule has 0 unspecified atom stereocenters. The van der Waals surface area contributed by atoms with Crippen LogP contribution in [0.3, 0.4) is 0 Å². The number of ketones is 1. The molecule has 0 fully saturated rings. The van der Waals surface area contributed by atoms with Gasteiger partial charge in [0.1, 0.15) is 5.82 Å². The summed E-state index contributed by atoms with van der Waals surface area (Å²) in [5, 5.41) is 0.621. The van der Waals surface area contributed by atoms with Gasteiger partial charge in [-0.3, -0.25) is 4.79 Å². The first kappa shape index (κ1) is 11.9. The van der Waals surface area contributed by atoms with Gasteiger partial charge in [-0.1, -0.05) is 23.7 Å². The van der Waals surface area contributed by atoms with Gasteiger partial charge in [-0.2, -0.15) is 0 Å². The van der Waals surface area contributed by atoms with Gasteiger partial charge in [0, 0.05) is 30.0 Å². The van der Waals surface area contributed by atoms with Crippen LogP contribution in [0.25, 0.3) is 0 Å². The van der Waals surface area contributed by atoms with Crippen LogP contribution in [0.4, 0.5) is 0 Å². The van der Waals surface area contributed by atoms with Crippen molar-refractivity contribution in [2.45, 2.75) is 13.3 Å². The van der Waals surface area contributed by atoms with Crippen molar-refractivity contribution in [3.05, 3.63) is 52.6 Å². The zero-order chi connectivity index (χ0) is 12.4. The van der Waals surface area contributed by atoms with E-state index in [9.17, 15) is 4.79 Å². The third-order valence-electron chi connectivity index (χ3n) is 2.81. The molecule has 2 aromatic rings. The van der Waals surface area contributed by atoms with E-state index in [1.807, 2.05) is 24.7 Å². The molecule has 3 nitrogen and oxygen atoms in total. The van der Waals surface area contributed by atoms with Crippen molar-refractivity contribution in [2.24, 2.45) is 7.05 Å². The molecule has 1 heterocycles. The molecule has 0 bridgehead atoms. The van der Waals surface area contributed by atoms with Crippen molar-refractivity contribution < 1.29 is 4.79 Å². The molecule has 0 saturated carbocycles. The Balaban J connectivity index is 2.27. The summed E-state index contributed by atoms with van der Waals surface area (Å²) in [6.07, 6.45) is 3.81. The molecule has 1 aromatic carbocycles. The molecule has 17 heavy (non-hydrogen) atoms. The number of carbonyl (C=O) groups excluding carboxylic acids is 1. The van der Waals surface area contributed by atoms with E-state index in [0.29, 0.717) is 17.0 Å². The molecule has 0 amide bonds. The van der Waals surface area contributed by atoms with Crippen LogP contribution in [0.2, 0.25) is 5.02 Å². The van der Waals surface area contributed by atoms with E-state index in [4.69, 9.17) is 11.6 Å². The summed E-state index contributed by atoms with van der Waals surface area (Å²) in [6, 6.07) is 5.38. The van der Waals surface area contributed by atoms with Crippen molar-refractivity contribution in [2.75, 3.05) is 0 Å². The fraction of sp³-hybridized carbons (Fsp3) is 0.231. The molecule has 4 heteroatoms. The number of carbonyl (C=O) groups is 1. The molecule has 0 atom stereocenters. The number of halogens is 1. The van der Waals surface area contributed by atoms with Crippen molar-refractivity contribution in [1.82, 2.24) is 9.55 Å². The first-order valence-corrected chi connectivity index (χ1v) is 5.72. The predicted molar refractivity (Wildman–Crippen MR) is 67.4 cm³/mol. The van der Waals surface area contributed by atoms with Gasteiger partial charge in [0.25, 0.3) is 0 Å². The van der Waals surface area contributed by atoms with E-state index in [1.165, 1.54) is 0 Å². The number of hydrogen-bond acceptors (Lipinski definition) is 2. The highest BCUT2D eigenvalue weighted by atomic mass is 35.5. The van der Waals surface area contributed by atoms with Gasteiger partial charge in [-0.05, 0) is 18.6 Å². The number of Topliss-reactive ketones (excluding diaryl/α,β-unsaturated/α-hetero) is 1.